The number of anilines is 3. The number of hydrogen-bond donors (Lipinski definition) is 0. The van der Waals surface area contributed by atoms with Crippen LogP contribution < -0.4 is 14.7 Å². The number of para-hydroxylation sites is 3. The molecule has 0 radical (unpaired) electrons. The van der Waals surface area contributed by atoms with Crippen molar-refractivity contribution < 1.29 is 4.58 Å². The van der Waals surface area contributed by atoms with Crippen LogP contribution in [0.4, 0.5) is 51.2 Å². The predicted molar refractivity (Wildman–Crippen MR) is 472 cm³/mol. The quantitative estimate of drug-likeness (QED) is 0.0903. The molecule has 0 aliphatic carbocycles. The van der Waals surface area contributed by atoms with Gasteiger partial charge in [0.25, 0.3) is 0 Å². The van der Waals surface area contributed by atoms with E-state index in [2.05, 4.69) is 223 Å². The molecule has 3 aliphatic heterocycles. The molecule has 9 heteroatoms. The SMILES string of the molecule is C.C.C.C.C.CC.CC.CC.CC.CC.CC.CC.CC.CC.CN(C)c1ccc(C=Nc2ccc(C3=Nc4ccccc4C3)cc2)cc1.CN(C)c1ccc(C=Nc2ccc(C3=Nc4ccccc4C3)cc2)cc1.CN(C)c1ccc(C=Nc2ccc(C3=[N+](C)c4ccccc4C3)cc2)cc1. The van der Waals surface area contributed by atoms with Gasteiger partial charge in [-0.25, -0.2) is 0 Å². The van der Waals surface area contributed by atoms with E-state index in [4.69, 9.17) is 9.98 Å². The summed E-state index contributed by atoms with van der Waals surface area (Å²) in [7, 11) is 14.4. The first-order chi connectivity index (χ1) is 47.5. The van der Waals surface area contributed by atoms with Gasteiger partial charge in [-0.3, -0.25) is 25.0 Å². The first-order valence-electron chi connectivity index (χ1n) is 35.7. The molecule has 0 saturated heterocycles. The Balaban J connectivity index is -0.000000405. The van der Waals surface area contributed by atoms with Crippen molar-refractivity contribution in [1.82, 2.24) is 0 Å². The molecule has 9 aromatic carbocycles. The maximum atomic E-state index is 4.74. The third-order valence-corrected chi connectivity index (χ3v) is 14.2. The summed E-state index contributed by atoms with van der Waals surface area (Å²) in [5.41, 5.74) is 24.3. The van der Waals surface area contributed by atoms with Gasteiger partial charge in [0.05, 0.1) is 46.3 Å². The monoisotopic (exact) mass is 1380 g/mol. The highest BCUT2D eigenvalue weighted by Crippen LogP contribution is 2.32. The second-order valence-corrected chi connectivity index (χ2v) is 20.4. The van der Waals surface area contributed by atoms with Crippen molar-refractivity contribution in [2.24, 2.45) is 25.0 Å². The molecule has 12 rings (SSSR count). The highest BCUT2D eigenvalue weighted by Gasteiger charge is 2.27. The Morgan fingerprint density at radius 2 is 0.549 bits per heavy atom. The van der Waals surface area contributed by atoms with Crippen LogP contribution in [0.2, 0.25) is 0 Å². The van der Waals surface area contributed by atoms with Gasteiger partial charge in [-0.2, -0.15) is 4.58 Å². The third kappa shape index (κ3) is 31.9. The highest BCUT2D eigenvalue weighted by molar-refractivity contribution is 6.07. The van der Waals surface area contributed by atoms with Crippen LogP contribution in [0.1, 0.15) is 212 Å². The Morgan fingerprint density at radius 1 is 0.294 bits per heavy atom. The zero-order valence-electron chi connectivity index (χ0n) is 64.2. The molecular formula is C93H140N9+. The van der Waals surface area contributed by atoms with Crippen molar-refractivity contribution in [3.05, 3.63) is 268 Å². The van der Waals surface area contributed by atoms with Gasteiger partial charge in [-0.1, -0.05) is 277 Å². The van der Waals surface area contributed by atoms with Crippen LogP contribution in [0.5, 0.6) is 0 Å². The van der Waals surface area contributed by atoms with Crippen molar-refractivity contribution in [2.45, 2.75) is 181 Å². The molecule has 0 bridgehead atoms. The number of nitrogens with zero attached hydrogens (tertiary/aromatic N) is 9. The van der Waals surface area contributed by atoms with E-state index in [1.165, 1.54) is 50.7 Å². The summed E-state index contributed by atoms with van der Waals surface area (Å²) in [5, 5.41) is 0. The number of aliphatic imine (C=N–C) groups is 5. The lowest BCUT2D eigenvalue weighted by Crippen LogP contribution is -2.10. The van der Waals surface area contributed by atoms with E-state index in [1.807, 2.05) is 222 Å². The van der Waals surface area contributed by atoms with Gasteiger partial charge in [-0.05, 0) is 136 Å². The molecule has 0 N–H and O–H groups in total. The molecule has 556 valence electrons. The van der Waals surface area contributed by atoms with E-state index in [-0.39, 0.29) is 37.1 Å². The Bertz CT molecular complexity index is 3570. The molecule has 0 unspecified atom stereocenters. The molecule has 3 aliphatic rings. The molecule has 0 spiro atoms. The first kappa shape index (κ1) is 101. The van der Waals surface area contributed by atoms with Crippen molar-refractivity contribution in [3.8, 4) is 0 Å². The zero-order chi connectivity index (χ0) is 72.7. The van der Waals surface area contributed by atoms with Crippen LogP contribution >= 0.6 is 0 Å². The molecule has 0 amide bonds. The topological polar surface area (TPSA) is 74.5 Å². The maximum absolute atomic E-state index is 4.74. The van der Waals surface area contributed by atoms with Crippen LogP contribution in [0, 0.1) is 0 Å². The average Bonchev–Trinajstić information content (AvgIpc) is 1.65. The molecule has 0 aromatic heterocycles. The lowest BCUT2D eigenvalue weighted by atomic mass is 10.0. The molecule has 0 fully saturated rings. The Hall–Kier alpha value is -9.60. The molecular weight excluding hydrogens is 1240 g/mol. The molecule has 9 aromatic rings. The van der Waals surface area contributed by atoms with Crippen LogP contribution in [0.25, 0.3) is 0 Å². The van der Waals surface area contributed by atoms with Gasteiger partial charge < -0.3 is 14.7 Å². The normalized spacial score (nSPS) is 10.6. The minimum absolute atomic E-state index is 0. The first-order valence-corrected chi connectivity index (χ1v) is 35.7. The largest absolute Gasteiger partial charge is 0.378 e. The Morgan fingerprint density at radius 3 is 0.814 bits per heavy atom. The summed E-state index contributed by atoms with van der Waals surface area (Å²) < 4.78 is 2.29. The second-order valence-electron chi connectivity index (χ2n) is 20.4. The Labute approximate surface area is 626 Å². The summed E-state index contributed by atoms with van der Waals surface area (Å²) >= 11 is 0. The lowest BCUT2D eigenvalue weighted by molar-refractivity contribution is -0.401. The van der Waals surface area contributed by atoms with E-state index in [0.717, 1.165) is 86.9 Å². The third-order valence-electron chi connectivity index (χ3n) is 14.2. The van der Waals surface area contributed by atoms with Crippen molar-refractivity contribution in [1.29, 1.82) is 0 Å². The van der Waals surface area contributed by atoms with E-state index in [1.54, 1.807) is 0 Å². The van der Waals surface area contributed by atoms with E-state index in [9.17, 15) is 0 Å². The molecule has 9 nitrogen and oxygen atoms in total. The predicted octanol–water partition coefficient (Wildman–Crippen LogP) is 27.6. The maximum Gasteiger partial charge on any atom is 0.208 e. The fraction of sp³-hybridized carbons (Fsp3) is 0.355. The van der Waals surface area contributed by atoms with Crippen molar-refractivity contribution in [2.75, 3.05) is 64.0 Å². The van der Waals surface area contributed by atoms with Gasteiger partial charge in [-0.15, -0.1) is 0 Å². The molecule has 0 atom stereocenters. The average molecular weight is 1380 g/mol. The number of hydrogen-bond acceptors (Lipinski definition) is 8. The van der Waals surface area contributed by atoms with Gasteiger partial charge in [0.15, 0.2) is 5.71 Å². The summed E-state index contributed by atoms with van der Waals surface area (Å²) in [6.45, 7) is 36.0. The molecule has 0 saturated carbocycles. The van der Waals surface area contributed by atoms with E-state index in [0.29, 0.717) is 0 Å². The number of rotatable bonds is 12. The van der Waals surface area contributed by atoms with E-state index < -0.39 is 0 Å². The van der Waals surface area contributed by atoms with Crippen LogP contribution in [-0.2, 0) is 19.3 Å². The van der Waals surface area contributed by atoms with Crippen LogP contribution in [0.3, 0.4) is 0 Å². The van der Waals surface area contributed by atoms with Gasteiger partial charge >= 0.3 is 0 Å². The summed E-state index contributed by atoms with van der Waals surface area (Å²) in [6.07, 6.45) is 8.50. The number of benzene rings is 9. The highest BCUT2D eigenvalue weighted by atomic mass is 15.1. The van der Waals surface area contributed by atoms with Gasteiger partial charge in [0.1, 0.15) is 7.05 Å². The van der Waals surface area contributed by atoms with E-state index >= 15 is 0 Å². The summed E-state index contributed by atoms with van der Waals surface area (Å²) in [4.78, 5) is 29.5. The van der Waals surface area contributed by atoms with Crippen LogP contribution in [-0.4, -0.2) is 89.7 Å². The zero-order valence-corrected chi connectivity index (χ0v) is 64.2. The fourth-order valence-corrected chi connectivity index (χ4v) is 9.57. The molecule has 102 heavy (non-hydrogen) atoms. The minimum atomic E-state index is 0. The summed E-state index contributed by atoms with van der Waals surface area (Å²) in [6, 6.07) is 75.5. The smallest absolute Gasteiger partial charge is 0.208 e. The summed E-state index contributed by atoms with van der Waals surface area (Å²) in [5.74, 6) is 0. The standard InChI is InChI=1S/C24H24N3.2C23H21N3.9C2H6.5CH4/c1-26(2)22-14-8-18(9-15-22)17-25-21-12-10-19(11-13-21)24-16-20-6-4-5-7-23(20)27(24)3;2*1-26(2)21-13-7-17(8-14-21)16-24-20-11-9-18(10-12-20)23-15-19-5-3-4-6-22(19)25-23;9*1-2;;;;;/h4-15,17H,16H2,1-3H3;2*3-14,16H,15H2,1-2H3;9*1-2H3;5*1H4/q+1;;;;;;;;;;;;;;;;. The van der Waals surface area contributed by atoms with Gasteiger partial charge in [0, 0.05) is 108 Å². The van der Waals surface area contributed by atoms with Gasteiger partial charge in [0.2, 0.25) is 5.69 Å². The minimum Gasteiger partial charge on any atom is -0.378 e. The van der Waals surface area contributed by atoms with Crippen molar-refractivity contribution in [3.63, 3.8) is 0 Å². The Kier molecular flexibility index (Phi) is 58.6. The van der Waals surface area contributed by atoms with Crippen molar-refractivity contribution >= 4 is 87.0 Å². The fourth-order valence-electron chi connectivity index (χ4n) is 9.57. The number of fused-ring (bicyclic) bond motifs is 3. The molecule has 3 heterocycles. The lowest BCUT2D eigenvalue weighted by Gasteiger charge is -2.11. The second kappa shape index (κ2) is 59.1. The van der Waals surface area contributed by atoms with Crippen LogP contribution in [0.15, 0.2) is 243 Å².